The molecule has 3 nitrogen and oxygen atoms in total. The van der Waals surface area contributed by atoms with Crippen LogP contribution in [0.5, 0.6) is 0 Å². The van der Waals surface area contributed by atoms with Gasteiger partial charge in [0.1, 0.15) is 6.10 Å². The first-order chi connectivity index (χ1) is 6.83. The Morgan fingerprint density at radius 3 is 1.86 bits per heavy atom. The zero-order chi connectivity index (χ0) is 10.4. The fourth-order valence-corrected chi connectivity index (χ4v) is 1.39. The van der Waals surface area contributed by atoms with Crippen molar-refractivity contribution in [1.29, 1.82) is 0 Å². The SMILES string of the molecule is COC(OC)C(OC)c1ccccc1. The van der Waals surface area contributed by atoms with Crippen LogP contribution >= 0.6 is 0 Å². The van der Waals surface area contributed by atoms with Gasteiger partial charge in [-0.05, 0) is 5.56 Å². The average molecular weight is 196 g/mol. The number of benzene rings is 1. The summed E-state index contributed by atoms with van der Waals surface area (Å²) in [6, 6.07) is 9.86. The summed E-state index contributed by atoms with van der Waals surface area (Å²) in [6.45, 7) is 0. The molecule has 0 radical (unpaired) electrons. The quantitative estimate of drug-likeness (QED) is 0.674. The lowest BCUT2D eigenvalue weighted by Crippen LogP contribution is -2.24. The van der Waals surface area contributed by atoms with Gasteiger partial charge in [-0.1, -0.05) is 30.3 Å². The van der Waals surface area contributed by atoms with Gasteiger partial charge in [0.05, 0.1) is 0 Å². The van der Waals surface area contributed by atoms with Gasteiger partial charge in [0.2, 0.25) is 0 Å². The highest BCUT2D eigenvalue weighted by Crippen LogP contribution is 2.22. The molecule has 0 saturated carbocycles. The number of hydrogen-bond donors (Lipinski definition) is 0. The molecular weight excluding hydrogens is 180 g/mol. The zero-order valence-corrected chi connectivity index (χ0v) is 8.77. The van der Waals surface area contributed by atoms with Gasteiger partial charge in [-0.15, -0.1) is 0 Å². The Morgan fingerprint density at radius 2 is 1.43 bits per heavy atom. The molecule has 0 N–H and O–H groups in total. The first kappa shape index (κ1) is 11.2. The van der Waals surface area contributed by atoms with Crippen LogP contribution in [0.15, 0.2) is 30.3 Å². The van der Waals surface area contributed by atoms with Crippen molar-refractivity contribution in [2.24, 2.45) is 0 Å². The van der Waals surface area contributed by atoms with E-state index in [0.29, 0.717) is 0 Å². The van der Waals surface area contributed by atoms with E-state index in [-0.39, 0.29) is 12.4 Å². The van der Waals surface area contributed by atoms with Crippen molar-refractivity contribution >= 4 is 0 Å². The van der Waals surface area contributed by atoms with Crippen LogP contribution < -0.4 is 0 Å². The smallest absolute Gasteiger partial charge is 0.187 e. The molecule has 0 aliphatic rings. The molecule has 0 spiro atoms. The van der Waals surface area contributed by atoms with Crippen LogP contribution in [0.25, 0.3) is 0 Å². The predicted octanol–water partition coefficient (Wildman–Crippen LogP) is 1.99. The lowest BCUT2D eigenvalue weighted by molar-refractivity contribution is -0.175. The lowest BCUT2D eigenvalue weighted by atomic mass is 10.1. The van der Waals surface area contributed by atoms with Crippen molar-refractivity contribution in [3.05, 3.63) is 35.9 Å². The maximum Gasteiger partial charge on any atom is 0.187 e. The maximum atomic E-state index is 5.33. The maximum absolute atomic E-state index is 5.33. The second-order valence-corrected chi connectivity index (χ2v) is 2.91. The van der Waals surface area contributed by atoms with Crippen LogP contribution in [-0.4, -0.2) is 27.6 Å². The van der Waals surface area contributed by atoms with Crippen molar-refractivity contribution in [2.75, 3.05) is 21.3 Å². The Bertz CT molecular complexity index is 244. The first-order valence-corrected chi connectivity index (χ1v) is 4.46. The second-order valence-electron chi connectivity index (χ2n) is 2.91. The number of hydrogen-bond acceptors (Lipinski definition) is 3. The van der Waals surface area contributed by atoms with Gasteiger partial charge in [-0.2, -0.15) is 0 Å². The van der Waals surface area contributed by atoms with E-state index >= 15 is 0 Å². The molecule has 0 aliphatic heterocycles. The van der Waals surface area contributed by atoms with Gasteiger partial charge in [-0.25, -0.2) is 0 Å². The molecule has 1 aromatic carbocycles. The molecule has 0 amide bonds. The summed E-state index contributed by atoms with van der Waals surface area (Å²) in [6.07, 6.45) is -0.561. The van der Waals surface area contributed by atoms with Crippen LogP contribution in [0.3, 0.4) is 0 Å². The van der Waals surface area contributed by atoms with E-state index in [2.05, 4.69) is 0 Å². The number of rotatable bonds is 5. The molecule has 0 saturated heterocycles. The molecule has 0 aliphatic carbocycles. The van der Waals surface area contributed by atoms with E-state index in [4.69, 9.17) is 14.2 Å². The van der Waals surface area contributed by atoms with Gasteiger partial charge in [0.25, 0.3) is 0 Å². The Morgan fingerprint density at radius 1 is 0.857 bits per heavy atom. The van der Waals surface area contributed by atoms with E-state index in [0.717, 1.165) is 5.56 Å². The molecule has 3 heteroatoms. The van der Waals surface area contributed by atoms with Crippen molar-refractivity contribution in [1.82, 2.24) is 0 Å². The summed E-state index contributed by atoms with van der Waals surface area (Å²) in [5.74, 6) is 0. The highest BCUT2D eigenvalue weighted by Gasteiger charge is 2.21. The van der Waals surface area contributed by atoms with Crippen molar-refractivity contribution in [2.45, 2.75) is 12.4 Å². The summed E-state index contributed by atoms with van der Waals surface area (Å²) in [4.78, 5) is 0. The highest BCUT2D eigenvalue weighted by molar-refractivity contribution is 5.18. The van der Waals surface area contributed by atoms with E-state index in [1.54, 1.807) is 21.3 Å². The molecule has 0 fully saturated rings. The lowest BCUT2D eigenvalue weighted by Gasteiger charge is -2.23. The summed E-state index contributed by atoms with van der Waals surface area (Å²) < 4.78 is 15.6. The molecule has 78 valence electrons. The highest BCUT2D eigenvalue weighted by atomic mass is 16.7. The molecule has 1 atom stereocenters. The standard InChI is InChI=1S/C11H16O3/c1-12-10(11(13-2)14-3)9-7-5-4-6-8-9/h4-8,10-11H,1-3H3. The van der Waals surface area contributed by atoms with Gasteiger partial charge < -0.3 is 14.2 Å². The number of ether oxygens (including phenoxy) is 3. The first-order valence-electron chi connectivity index (χ1n) is 4.46. The molecular formula is C11H16O3. The van der Waals surface area contributed by atoms with Crippen LogP contribution in [0.4, 0.5) is 0 Å². The molecule has 14 heavy (non-hydrogen) atoms. The third-order valence-electron chi connectivity index (χ3n) is 2.09. The molecule has 0 aromatic heterocycles. The summed E-state index contributed by atoms with van der Waals surface area (Å²) in [7, 11) is 4.84. The fourth-order valence-electron chi connectivity index (χ4n) is 1.39. The van der Waals surface area contributed by atoms with Gasteiger partial charge in [0, 0.05) is 21.3 Å². The van der Waals surface area contributed by atoms with E-state index in [1.807, 2.05) is 30.3 Å². The minimum absolute atomic E-state index is 0.189. The Labute approximate surface area is 84.6 Å². The third kappa shape index (κ3) is 2.54. The van der Waals surface area contributed by atoms with Crippen molar-refractivity contribution in [3.8, 4) is 0 Å². The summed E-state index contributed by atoms with van der Waals surface area (Å²) >= 11 is 0. The Kier molecular flexibility index (Phi) is 4.59. The molecule has 1 aromatic rings. The minimum Gasteiger partial charge on any atom is -0.371 e. The molecule has 1 rings (SSSR count). The zero-order valence-electron chi connectivity index (χ0n) is 8.77. The largest absolute Gasteiger partial charge is 0.371 e. The molecule has 0 heterocycles. The predicted molar refractivity (Wildman–Crippen MR) is 54.0 cm³/mol. The minimum atomic E-state index is -0.373. The Hall–Kier alpha value is -0.900. The summed E-state index contributed by atoms with van der Waals surface area (Å²) in [5.41, 5.74) is 1.05. The van der Waals surface area contributed by atoms with Crippen LogP contribution in [0.1, 0.15) is 11.7 Å². The van der Waals surface area contributed by atoms with Crippen LogP contribution in [-0.2, 0) is 14.2 Å². The second kappa shape index (κ2) is 5.75. The molecule has 0 bridgehead atoms. The van der Waals surface area contributed by atoms with Crippen molar-refractivity contribution in [3.63, 3.8) is 0 Å². The average Bonchev–Trinajstić information content (AvgIpc) is 2.27. The van der Waals surface area contributed by atoms with E-state index in [9.17, 15) is 0 Å². The third-order valence-corrected chi connectivity index (χ3v) is 2.09. The fraction of sp³-hybridized carbons (Fsp3) is 0.455. The van der Waals surface area contributed by atoms with E-state index in [1.165, 1.54) is 0 Å². The van der Waals surface area contributed by atoms with Gasteiger partial charge in [0.15, 0.2) is 6.29 Å². The van der Waals surface area contributed by atoms with Crippen LogP contribution in [0, 0.1) is 0 Å². The monoisotopic (exact) mass is 196 g/mol. The topological polar surface area (TPSA) is 27.7 Å². The normalized spacial score (nSPS) is 13.1. The molecule has 1 unspecified atom stereocenters. The van der Waals surface area contributed by atoms with Gasteiger partial charge >= 0.3 is 0 Å². The number of methoxy groups -OCH3 is 3. The van der Waals surface area contributed by atoms with E-state index < -0.39 is 0 Å². The Balaban J connectivity index is 2.81. The van der Waals surface area contributed by atoms with Crippen LogP contribution in [0.2, 0.25) is 0 Å². The van der Waals surface area contributed by atoms with Gasteiger partial charge in [-0.3, -0.25) is 0 Å². The van der Waals surface area contributed by atoms with Crippen molar-refractivity contribution < 1.29 is 14.2 Å². The summed E-state index contributed by atoms with van der Waals surface area (Å²) in [5, 5.41) is 0.